The maximum Gasteiger partial charge on any atom is 0.295 e. The van der Waals surface area contributed by atoms with Crippen molar-refractivity contribution in [1.82, 2.24) is 9.88 Å². The first-order chi connectivity index (χ1) is 18.9. The Morgan fingerprint density at radius 3 is 2.59 bits per heavy atom. The number of nitrogens with zero attached hydrogens (tertiary/aromatic N) is 2. The molecular formula is C31H32N2O6. The van der Waals surface area contributed by atoms with Crippen molar-refractivity contribution in [3.8, 4) is 17.2 Å². The van der Waals surface area contributed by atoms with Crippen LogP contribution in [0.5, 0.6) is 17.2 Å². The summed E-state index contributed by atoms with van der Waals surface area (Å²) in [4.78, 5) is 32.5. The third-order valence-corrected chi connectivity index (χ3v) is 6.86. The first-order valence-corrected chi connectivity index (χ1v) is 13.3. The van der Waals surface area contributed by atoms with Crippen LogP contribution >= 0.6 is 0 Å². The van der Waals surface area contributed by atoms with Crippen LogP contribution in [-0.4, -0.2) is 46.0 Å². The van der Waals surface area contributed by atoms with Gasteiger partial charge in [-0.25, -0.2) is 0 Å². The summed E-state index contributed by atoms with van der Waals surface area (Å²) in [7, 11) is 0. The van der Waals surface area contributed by atoms with Crippen LogP contribution in [0, 0.1) is 0 Å². The minimum absolute atomic E-state index is 0.0330. The van der Waals surface area contributed by atoms with Gasteiger partial charge in [0.05, 0.1) is 24.8 Å². The molecule has 1 amide bonds. The van der Waals surface area contributed by atoms with E-state index in [0.29, 0.717) is 42.3 Å². The van der Waals surface area contributed by atoms with Gasteiger partial charge in [0.15, 0.2) is 11.5 Å². The summed E-state index contributed by atoms with van der Waals surface area (Å²) >= 11 is 0. The number of aliphatic hydroxyl groups excluding tert-OH is 1. The number of fused-ring (bicyclic) bond motifs is 1. The Bertz CT molecular complexity index is 1420. The van der Waals surface area contributed by atoms with E-state index in [1.807, 2.05) is 32.9 Å². The number of likely N-dealkylation sites (tertiary alicyclic amines) is 1. The number of ether oxygens (including phenoxy) is 3. The lowest BCUT2D eigenvalue weighted by Gasteiger charge is -2.26. The van der Waals surface area contributed by atoms with Crippen molar-refractivity contribution in [3.05, 3.63) is 88.8 Å². The standard InChI is InChI=1S/C31H32N2O6/c1-4-14-38-25-9-6-21(17-26(25)37-5-2)28-27(29(34)22-7-8-24-23(16-22)15-19(3)39-24)30(35)31(36)33(28)18-20-10-12-32-13-11-20/h6-13,16-17,19,28,34H,4-5,14-15,18H2,1-3H3/b29-27+/t19-,28-/m1/s1. The second-order valence-corrected chi connectivity index (χ2v) is 9.73. The first kappa shape index (κ1) is 26.3. The SMILES string of the molecule is CCCOc1ccc([C@@H]2/C(=C(\O)c3ccc4c(c3)C[C@@H](C)O4)C(=O)C(=O)N2Cc2ccncc2)cc1OCC. The Labute approximate surface area is 227 Å². The Kier molecular flexibility index (Phi) is 7.54. The Balaban J connectivity index is 1.63. The highest BCUT2D eigenvalue weighted by Crippen LogP contribution is 2.43. The molecule has 8 nitrogen and oxygen atoms in total. The van der Waals surface area contributed by atoms with Gasteiger partial charge in [-0.2, -0.15) is 0 Å². The number of carbonyl (C=O) groups excluding carboxylic acids is 2. The zero-order chi connectivity index (χ0) is 27.5. The van der Waals surface area contributed by atoms with E-state index in [1.54, 1.807) is 48.8 Å². The van der Waals surface area contributed by atoms with Gasteiger partial charge in [-0.3, -0.25) is 14.6 Å². The van der Waals surface area contributed by atoms with E-state index in [-0.39, 0.29) is 24.0 Å². The molecule has 1 N–H and O–H groups in total. The third kappa shape index (κ3) is 5.19. The first-order valence-electron chi connectivity index (χ1n) is 13.3. The van der Waals surface area contributed by atoms with Crippen molar-refractivity contribution in [2.24, 2.45) is 0 Å². The average Bonchev–Trinajstić information content (AvgIpc) is 3.43. The molecule has 2 aliphatic rings. The summed E-state index contributed by atoms with van der Waals surface area (Å²) in [5.41, 5.74) is 2.89. The second-order valence-electron chi connectivity index (χ2n) is 9.73. The predicted molar refractivity (Wildman–Crippen MR) is 146 cm³/mol. The van der Waals surface area contributed by atoms with Crippen LogP contribution < -0.4 is 14.2 Å². The zero-order valence-electron chi connectivity index (χ0n) is 22.3. The Hall–Kier alpha value is -4.33. The Morgan fingerprint density at radius 1 is 1.05 bits per heavy atom. The molecule has 3 aromatic rings. The van der Waals surface area contributed by atoms with Gasteiger partial charge in [0.1, 0.15) is 17.6 Å². The molecule has 0 bridgehead atoms. The molecule has 0 unspecified atom stereocenters. The molecular weight excluding hydrogens is 496 g/mol. The monoisotopic (exact) mass is 528 g/mol. The minimum atomic E-state index is -0.832. The van der Waals surface area contributed by atoms with Gasteiger partial charge in [0.2, 0.25) is 0 Å². The van der Waals surface area contributed by atoms with Crippen LogP contribution in [0.15, 0.2) is 66.5 Å². The van der Waals surface area contributed by atoms with Gasteiger partial charge in [-0.15, -0.1) is 0 Å². The fourth-order valence-corrected chi connectivity index (χ4v) is 5.09. The van der Waals surface area contributed by atoms with Crippen molar-refractivity contribution in [2.45, 2.75) is 52.3 Å². The topological polar surface area (TPSA) is 98.2 Å². The smallest absolute Gasteiger partial charge is 0.295 e. The van der Waals surface area contributed by atoms with Crippen LogP contribution in [-0.2, 0) is 22.6 Å². The number of amides is 1. The number of rotatable bonds is 9. The highest BCUT2D eigenvalue weighted by atomic mass is 16.5. The fourth-order valence-electron chi connectivity index (χ4n) is 5.09. The highest BCUT2D eigenvalue weighted by molar-refractivity contribution is 6.46. The van der Waals surface area contributed by atoms with Crippen molar-refractivity contribution >= 4 is 17.4 Å². The average molecular weight is 529 g/mol. The largest absolute Gasteiger partial charge is 0.507 e. The number of hydrogen-bond donors (Lipinski definition) is 1. The summed E-state index contributed by atoms with van der Waals surface area (Å²) in [6.45, 7) is 6.99. The number of aromatic nitrogens is 1. The maximum absolute atomic E-state index is 13.5. The second kappa shape index (κ2) is 11.2. The van der Waals surface area contributed by atoms with Gasteiger partial charge in [-0.1, -0.05) is 13.0 Å². The molecule has 2 aromatic carbocycles. The Morgan fingerprint density at radius 2 is 1.85 bits per heavy atom. The summed E-state index contributed by atoms with van der Waals surface area (Å²) in [5, 5.41) is 11.5. The van der Waals surface area contributed by atoms with Crippen molar-refractivity contribution in [3.63, 3.8) is 0 Å². The van der Waals surface area contributed by atoms with Gasteiger partial charge in [-0.05, 0) is 79.4 Å². The molecule has 2 atom stereocenters. The van der Waals surface area contributed by atoms with E-state index in [9.17, 15) is 14.7 Å². The third-order valence-electron chi connectivity index (χ3n) is 6.86. The molecule has 2 aliphatic heterocycles. The van der Waals surface area contributed by atoms with Crippen LogP contribution in [0.4, 0.5) is 0 Å². The molecule has 1 fully saturated rings. The predicted octanol–water partition coefficient (Wildman–Crippen LogP) is 5.21. The number of aliphatic hydroxyl groups is 1. The number of benzene rings is 2. The van der Waals surface area contributed by atoms with Gasteiger partial charge in [0, 0.05) is 30.9 Å². The lowest BCUT2D eigenvalue weighted by Crippen LogP contribution is -2.29. The van der Waals surface area contributed by atoms with Gasteiger partial charge in [0.25, 0.3) is 11.7 Å². The molecule has 0 aliphatic carbocycles. The van der Waals surface area contributed by atoms with Crippen molar-refractivity contribution in [1.29, 1.82) is 0 Å². The minimum Gasteiger partial charge on any atom is -0.507 e. The number of ketones is 1. The van der Waals surface area contributed by atoms with E-state index < -0.39 is 17.7 Å². The zero-order valence-corrected chi connectivity index (χ0v) is 22.3. The van der Waals surface area contributed by atoms with Gasteiger partial charge < -0.3 is 24.2 Å². The lowest BCUT2D eigenvalue weighted by molar-refractivity contribution is -0.140. The van der Waals surface area contributed by atoms with Crippen LogP contribution in [0.1, 0.15) is 55.5 Å². The summed E-state index contributed by atoms with van der Waals surface area (Å²) in [6, 6.07) is 13.5. The molecule has 39 heavy (non-hydrogen) atoms. The fraction of sp³-hybridized carbons (Fsp3) is 0.323. The molecule has 5 rings (SSSR count). The van der Waals surface area contributed by atoms with E-state index in [0.717, 1.165) is 23.3 Å². The maximum atomic E-state index is 13.5. The van der Waals surface area contributed by atoms with E-state index in [1.165, 1.54) is 4.90 Å². The quantitative estimate of drug-likeness (QED) is 0.231. The molecule has 0 saturated carbocycles. The van der Waals surface area contributed by atoms with Gasteiger partial charge >= 0.3 is 0 Å². The van der Waals surface area contributed by atoms with E-state index in [2.05, 4.69) is 4.98 Å². The van der Waals surface area contributed by atoms with E-state index >= 15 is 0 Å². The number of hydrogen-bond acceptors (Lipinski definition) is 7. The molecule has 1 saturated heterocycles. The number of Topliss-reactive ketones (excluding diaryl/α,β-unsaturated/α-hetero) is 1. The molecule has 8 heteroatoms. The number of carbonyl (C=O) groups is 2. The molecule has 202 valence electrons. The summed E-state index contributed by atoms with van der Waals surface area (Å²) < 4.78 is 17.5. The van der Waals surface area contributed by atoms with Crippen LogP contribution in [0.3, 0.4) is 0 Å². The normalized spacial score (nSPS) is 19.6. The highest BCUT2D eigenvalue weighted by Gasteiger charge is 2.46. The van der Waals surface area contributed by atoms with Crippen LogP contribution in [0.25, 0.3) is 5.76 Å². The van der Waals surface area contributed by atoms with Crippen LogP contribution in [0.2, 0.25) is 0 Å². The molecule has 0 spiro atoms. The lowest BCUT2D eigenvalue weighted by atomic mass is 9.94. The van der Waals surface area contributed by atoms with E-state index in [4.69, 9.17) is 14.2 Å². The van der Waals surface area contributed by atoms with Crippen molar-refractivity contribution < 1.29 is 28.9 Å². The summed E-state index contributed by atoms with van der Waals surface area (Å²) in [5.74, 6) is 0.226. The molecule has 0 radical (unpaired) electrons. The van der Waals surface area contributed by atoms with Crippen molar-refractivity contribution in [2.75, 3.05) is 13.2 Å². The molecule has 3 heterocycles. The number of pyridine rings is 1. The summed E-state index contributed by atoms with van der Waals surface area (Å²) in [6.07, 6.45) is 4.86. The molecule has 1 aromatic heterocycles.